The Morgan fingerprint density at radius 2 is 1.55 bits per heavy atom. The fourth-order valence-corrected chi connectivity index (χ4v) is 3.79. The van der Waals surface area contributed by atoms with Gasteiger partial charge >= 0.3 is 0 Å². The van der Waals surface area contributed by atoms with Crippen molar-refractivity contribution in [2.24, 2.45) is 0 Å². The molecule has 3 aromatic carbocycles. The van der Waals surface area contributed by atoms with Gasteiger partial charge in [0.2, 0.25) is 0 Å². The van der Waals surface area contributed by atoms with Crippen LogP contribution in [0, 0.1) is 6.85 Å². The fraction of sp³-hybridized carbons (Fsp3) is 0.148. The summed E-state index contributed by atoms with van der Waals surface area (Å²) in [5, 5.41) is 1.97. The molecule has 142 valence electrons. The van der Waals surface area contributed by atoms with Crippen LogP contribution in [-0.2, 0) is 0 Å². The fourth-order valence-electron chi connectivity index (χ4n) is 3.79. The van der Waals surface area contributed by atoms with E-state index in [1.807, 2.05) is 74.5 Å². The molecule has 0 unspecified atom stereocenters. The van der Waals surface area contributed by atoms with Crippen molar-refractivity contribution in [1.82, 2.24) is 4.98 Å². The van der Waals surface area contributed by atoms with E-state index in [0.717, 1.165) is 49.9 Å². The first kappa shape index (κ1) is 13.7. The lowest BCUT2D eigenvalue weighted by atomic mass is 9.99. The molecule has 2 heterocycles. The number of pyridine rings is 1. The maximum absolute atomic E-state index is 8.37. The predicted molar refractivity (Wildman–Crippen MR) is 121 cm³/mol. The Bertz CT molecular complexity index is 1470. The molecule has 2 nitrogen and oxygen atoms in total. The quantitative estimate of drug-likeness (QED) is 0.319. The summed E-state index contributed by atoms with van der Waals surface area (Å²) in [6.07, 6.45) is 1.74. The van der Waals surface area contributed by atoms with Gasteiger partial charge in [0.05, 0.1) is 5.69 Å². The Kier molecular flexibility index (Phi) is 3.26. The number of aromatic nitrogens is 1. The standard InChI is InChI=1S/C27H23NO/c1-17(2)20-14-15-28-25(16-20)24-9-5-8-23-22-7-4-6-21(26(22)29-27(23)24)19-12-10-18(3)11-13-19/h4-17H,1-3H3/i3D3,17D. The van der Waals surface area contributed by atoms with Crippen molar-refractivity contribution >= 4 is 21.9 Å². The second-order valence-electron chi connectivity index (χ2n) is 7.47. The van der Waals surface area contributed by atoms with E-state index in [4.69, 9.17) is 9.90 Å². The van der Waals surface area contributed by atoms with Gasteiger partial charge in [0, 0.05) is 33.6 Å². The van der Waals surface area contributed by atoms with E-state index in [1.54, 1.807) is 18.3 Å². The SMILES string of the molecule is [2H]C([2H])([2H])c1ccc(-c2cccc3c2oc2c(-c4cc(C([2H])(C)C)ccn4)cccc23)cc1. The van der Waals surface area contributed by atoms with E-state index < -0.39 is 12.7 Å². The van der Waals surface area contributed by atoms with Gasteiger partial charge in [0.15, 0.2) is 0 Å². The smallest absolute Gasteiger partial charge is 0.144 e. The van der Waals surface area contributed by atoms with Gasteiger partial charge in [0.1, 0.15) is 11.2 Å². The van der Waals surface area contributed by atoms with Gasteiger partial charge in [-0.15, -0.1) is 0 Å². The normalized spacial score (nSPS) is 14.4. The van der Waals surface area contributed by atoms with Crippen LogP contribution in [-0.4, -0.2) is 4.98 Å². The summed E-state index contributed by atoms with van der Waals surface area (Å²) >= 11 is 0. The molecule has 0 bridgehead atoms. The highest BCUT2D eigenvalue weighted by atomic mass is 16.3. The van der Waals surface area contributed by atoms with E-state index in [9.17, 15) is 0 Å². The van der Waals surface area contributed by atoms with Gasteiger partial charge in [0.25, 0.3) is 0 Å². The summed E-state index contributed by atoms with van der Waals surface area (Å²) in [5.74, 6) is -0.729. The molecule has 0 fully saturated rings. The number of hydrogen-bond donors (Lipinski definition) is 0. The summed E-state index contributed by atoms with van der Waals surface area (Å²) < 4.78 is 37.6. The summed E-state index contributed by atoms with van der Waals surface area (Å²) in [5.41, 5.74) is 6.12. The molecule has 0 aliphatic rings. The lowest BCUT2D eigenvalue weighted by Crippen LogP contribution is -1.90. The lowest BCUT2D eigenvalue weighted by Gasteiger charge is -2.07. The van der Waals surface area contributed by atoms with E-state index in [-0.39, 0.29) is 0 Å². The molecule has 2 aromatic heterocycles. The number of nitrogens with zero attached hydrogens (tertiary/aromatic N) is 1. The number of furan rings is 1. The van der Waals surface area contributed by atoms with Crippen LogP contribution in [0.1, 0.15) is 36.4 Å². The van der Waals surface area contributed by atoms with Crippen LogP contribution in [0.3, 0.4) is 0 Å². The molecule has 2 heteroatoms. The maximum Gasteiger partial charge on any atom is 0.144 e. The maximum atomic E-state index is 8.37. The second-order valence-corrected chi connectivity index (χ2v) is 7.47. The average Bonchev–Trinajstić information content (AvgIpc) is 3.17. The lowest BCUT2D eigenvalue weighted by molar-refractivity contribution is 0.671. The zero-order chi connectivity index (χ0) is 23.4. The van der Waals surface area contributed by atoms with E-state index in [1.165, 1.54) is 0 Å². The number of aryl methyl sites for hydroxylation is 1. The van der Waals surface area contributed by atoms with Gasteiger partial charge in [-0.05, 0) is 42.1 Å². The monoisotopic (exact) mass is 381 g/mol. The van der Waals surface area contributed by atoms with E-state index >= 15 is 0 Å². The van der Waals surface area contributed by atoms with E-state index in [2.05, 4.69) is 4.98 Å². The zero-order valence-corrected chi connectivity index (χ0v) is 16.4. The molecule has 0 atom stereocenters. The van der Waals surface area contributed by atoms with Gasteiger partial charge in [-0.3, -0.25) is 4.98 Å². The average molecular weight is 382 g/mol. The summed E-state index contributed by atoms with van der Waals surface area (Å²) in [6.45, 7) is 1.59. The minimum absolute atomic E-state index is 0.314. The Balaban J connectivity index is 1.70. The topological polar surface area (TPSA) is 26.0 Å². The van der Waals surface area contributed by atoms with Crippen LogP contribution < -0.4 is 0 Å². The van der Waals surface area contributed by atoms with Crippen LogP contribution in [0.4, 0.5) is 0 Å². The molecule has 5 rings (SSSR count). The van der Waals surface area contributed by atoms with Crippen LogP contribution in [0.15, 0.2) is 83.4 Å². The van der Waals surface area contributed by atoms with Crippen LogP contribution in [0.5, 0.6) is 0 Å². The third-order valence-corrected chi connectivity index (χ3v) is 5.33. The van der Waals surface area contributed by atoms with Gasteiger partial charge in [-0.25, -0.2) is 0 Å². The first-order chi connectivity index (χ1) is 15.6. The first-order valence-electron chi connectivity index (χ1n) is 11.6. The van der Waals surface area contributed by atoms with Crippen molar-refractivity contribution < 1.29 is 9.90 Å². The minimum Gasteiger partial charge on any atom is -0.455 e. The van der Waals surface area contributed by atoms with Crippen molar-refractivity contribution in [2.45, 2.75) is 26.6 Å². The molecule has 0 N–H and O–H groups in total. The van der Waals surface area contributed by atoms with Crippen molar-refractivity contribution in [3.05, 3.63) is 90.1 Å². The van der Waals surface area contributed by atoms with Crippen molar-refractivity contribution in [1.29, 1.82) is 0 Å². The van der Waals surface area contributed by atoms with Crippen molar-refractivity contribution in [2.75, 3.05) is 0 Å². The van der Waals surface area contributed by atoms with Crippen LogP contribution in [0.2, 0.25) is 0 Å². The number of hydrogen-bond acceptors (Lipinski definition) is 2. The zero-order valence-electron chi connectivity index (χ0n) is 20.4. The highest BCUT2D eigenvalue weighted by molar-refractivity contribution is 6.12. The van der Waals surface area contributed by atoms with Crippen molar-refractivity contribution in [3.8, 4) is 22.4 Å². The highest BCUT2D eigenvalue weighted by Crippen LogP contribution is 2.39. The largest absolute Gasteiger partial charge is 0.455 e. The Labute approximate surface area is 176 Å². The number of rotatable bonds is 3. The van der Waals surface area contributed by atoms with E-state index in [0.29, 0.717) is 5.56 Å². The van der Waals surface area contributed by atoms with Crippen LogP contribution in [0.25, 0.3) is 44.3 Å². The molecule has 0 spiro atoms. The molecule has 0 radical (unpaired) electrons. The number of fused-ring (bicyclic) bond motifs is 3. The third kappa shape index (κ3) is 3.01. The van der Waals surface area contributed by atoms with Crippen molar-refractivity contribution in [3.63, 3.8) is 0 Å². The molecule has 5 aromatic rings. The molecular formula is C27H23NO. The van der Waals surface area contributed by atoms with Gasteiger partial charge < -0.3 is 4.42 Å². The molecule has 29 heavy (non-hydrogen) atoms. The molecule has 0 aliphatic heterocycles. The summed E-state index contributed by atoms with van der Waals surface area (Å²) in [6, 6.07) is 22.8. The predicted octanol–water partition coefficient (Wildman–Crippen LogP) is 7.75. The molecular weight excluding hydrogens is 354 g/mol. The third-order valence-electron chi connectivity index (χ3n) is 5.33. The minimum atomic E-state index is -2.13. The molecule has 0 saturated carbocycles. The molecule has 0 aliphatic carbocycles. The van der Waals surface area contributed by atoms with Gasteiger partial charge in [-0.2, -0.15) is 0 Å². The Morgan fingerprint density at radius 1 is 0.862 bits per heavy atom. The molecule has 0 saturated heterocycles. The Morgan fingerprint density at radius 3 is 2.24 bits per heavy atom. The van der Waals surface area contributed by atoms with Crippen LogP contribution >= 0.6 is 0 Å². The summed E-state index contributed by atoms with van der Waals surface area (Å²) in [4.78, 5) is 4.56. The second kappa shape index (κ2) is 6.89. The molecule has 0 amide bonds. The first-order valence-corrected chi connectivity index (χ1v) is 9.65. The summed E-state index contributed by atoms with van der Waals surface area (Å²) in [7, 11) is 0. The Hall–Kier alpha value is -3.39. The van der Waals surface area contributed by atoms with Gasteiger partial charge in [-0.1, -0.05) is 74.0 Å². The highest BCUT2D eigenvalue weighted by Gasteiger charge is 2.16. The number of benzene rings is 3. The number of para-hydroxylation sites is 2.